The highest BCUT2D eigenvalue weighted by atomic mass is 16.5. The van der Waals surface area contributed by atoms with E-state index in [4.69, 9.17) is 18.4 Å². The van der Waals surface area contributed by atoms with Crippen molar-refractivity contribution in [1.82, 2.24) is 10.1 Å². The number of hydrogen-bond acceptors (Lipinski definition) is 7. The molecular weight excluding hydrogens is 338 g/mol. The summed E-state index contributed by atoms with van der Waals surface area (Å²) in [5.41, 5.74) is 0.741. The second-order valence-electron chi connectivity index (χ2n) is 5.88. The van der Waals surface area contributed by atoms with Crippen LogP contribution >= 0.6 is 0 Å². The van der Waals surface area contributed by atoms with Crippen molar-refractivity contribution in [1.29, 1.82) is 0 Å². The predicted octanol–water partition coefficient (Wildman–Crippen LogP) is 2.87. The van der Waals surface area contributed by atoms with E-state index in [2.05, 4.69) is 10.1 Å². The van der Waals surface area contributed by atoms with E-state index in [-0.39, 0.29) is 11.8 Å². The standard InChI is InChI=1S/C18H17N3O5/c1-23-13-6-5-12(9-15(13)24-2)21-10-11(8-16(21)22)17-19-18(26-20-17)14-4-3-7-25-14/h3-7,9,11H,8,10H2,1-2H3. The molecule has 1 atom stereocenters. The minimum absolute atomic E-state index is 0.00781. The first-order valence-corrected chi connectivity index (χ1v) is 8.09. The van der Waals surface area contributed by atoms with Gasteiger partial charge >= 0.3 is 0 Å². The average molecular weight is 355 g/mol. The number of benzene rings is 1. The van der Waals surface area contributed by atoms with Gasteiger partial charge in [0, 0.05) is 30.6 Å². The van der Waals surface area contributed by atoms with Crippen LogP contribution in [-0.4, -0.2) is 36.8 Å². The molecule has 1 unspecified atom stereocenters. The summed E-state index contributed by atoms with van der Waals surface area (Å²) < 4.78 is 21.1. The Bertz CT molecular complexity index is 919. The number of furan rings is 1. The number of nitrogens with zero attached hydrogens (tertiary/aromatic N) is 3. The van der Waals surface area contributed by atoms with Crippen molar-refractivity contribution < 1.29 is 23.2 Å². The van der Waals surface area contributed by atoms with Crippen molar-refractivity contribution >= 4 is 11.6 Å². The van der Waals surface area contributed by atoms with E-state index in [9.17, 15) is 4.79 Å². The monoisotopic (exact) mass is 355 g/mol. The largest absolute Gasteiger partial charge is 0.493 e. The molecule has 1 aromatic carbocycles. The van der Waals surface area contributed by atoms with Gasteiger partial charge in [-0.15, -0.1) is 0 Å². The van der Waals surface area contributed by atoms with Gasteiger partial charge in [0.1, 0.15) is 0 Å². The lowest BCUT2D eigenvalue weighted by Crippen LogP contribution is -2.24. The fourth-order valence-corrected chi connectivity index (χ4v) is 3.02. The highest BCUT2D eigenvalue weighted by Gasteiger charge is 2.35. The Balaban J connectivity index is 1.56. The normalized spacial score (nSPS) is 16.9. The number of ether oxygens (including phenoxy) is 2. The molecule has 0 radical (unpaired) electrons. The third-order valence-electron chi connectivity index (χ3n) is 4.34. The highest BCUT2D eigenvalue weighted by molar-refractivity contribution is 5.96. The van der Waals surface area contributed by atoms with E-state index >= 15 is 0 Å². The van der Waals surface area contributed by atoms with E-state index in [1.165, 1.54) is 6.26 Å². The predicted molar refractivity (Wildman–Crippen MR) is 91.3 cm³/mol. The zero-order valence-corrected chi connectivity index (χ0v) is 14.3. The second-order valence-corrected chi connectivity index (χ2v) is 5.88. The minimum Gasteiger partial charge on any atom is -0.493 e. The van der Waals surface area contributed by atoms with Gasteiger partial charge in [-0.2, -0.15) is 4.98 Å². The molecule has 4 rings (SSSR count). The lowest BCUT2D eigenvalue weighted by atomic mass is 10.1. The van der Waals surface area contributed by atoms with Gasteiger partial charge < -0.3 is 23.3 Å². The van der Waals surface area contributed by atoms with Gasteiger partial charge in [0.05, 0.1) is 20.5 Å². The Labute approximate surface area is 149 Å². The summed E-state index contributed by atoms with van der Waals surface area (Å²) in [7, 11) is 3.13. The third-order valence-corrected chi connectivity index (χ3v) is 4.34. The molecule has 0 bridgehead atoms. The Kier molecular flexibility index (Phi) is 4.08. The molecular formula is C18H17N3O5. The van der Waals surface area contributed by atoms with Gasteiger partial charge in [-0.25, -0.2) is 0 Å². The summed E-state index contributed by atoms with van der Waals surface area (Å²) in [6.07, 6.45) is 1.85. The number of rotatable bonds is 5. The van der Waals surface area contributed by atoms with Crippen molar-refractivity contribution in [3.63, 3.8) is 0 Å². The minimum atomic E-state index is -0.150. The number of anilines is 1. The molecule has 0 spiro atoms. The van der Waals surface area contributed by atoms with E-state index in [0.717, 1.165) is 5.69 Å². The van der Waals surface area contributed by atoms with Crippen LogP contribution in [0.15, 0.2) is 45.5 Å². The fraction of sp³-hybridized carbons (Fsp3) is 0.278. The summed E-state index contributed by atoms with van der Waals surface area (Å²) >= 11 is 0. The van der Waals surface area contributed by atoms with Gasteiger partial charge in [-0.3, -0.25) is 4.79 Å². The van der Waals surface area contributed by atoms with Gasteiger partial charge in [0.15, 0.2) is 23.1 Å². The first kappa shape index (κ1) is 16.2. The first-order valence-electron chi connectivity index (χ1n) is 8.09. The molecule has 2 aromatic heterocycles. The summed E-state index contributed by atoms with van der Waals surface area (Å²) in [5, 5.41) is 4.01. The van der Waals surface area contributed by atoms with Gasteiger partial charge in [0.25, 0.3) is 5.89 Å². The number of amides is 1. The van der Waals surface area contributed by atoms with E-state index in [1.54, 1.807) is 43.4 Å². The van der Waals surface area contributed by atoms with Crippen LogP contribution in [0, 0.1) is 0 Å². The summed E-state index contributed by atoms with van der Waals surface area (Å²) in [6.45, 7) is 0.464. The number of hydrogen-bond donors (Lipinski definition) is 0. The molecule has 8 nitrogen and oxygen atoms in total. The lowest BCUT2D eigenvalue weighted by Gasteiger charge is -2.18. The van der Waals surface area contributed by atoms with E-state index in [0.29, 0.717) is 41.9 Å². The zero-order valence-electron chi connectivity index (χ0n) is 14.3. The molecule has 3 aromatic rings. The molecule has 1 aliphatic rings. The summed E-state index contributed by atoms with van der Waals surface area (Å²) in [5.74, 6) is 2.33. The van der Waals surface area contributed by atoms with Gasteiger partial charge in [0.2, 0.25) is 5.91 Å². The van der Waals surface area contributed by atoms with Crippen LogP contribution in [0.3, 0.4) is 0 Å². The molecule has 0 aliphatic carbocycles. The maximum Gasteiger partial charge on any atom is 0.293 e. The van der Waals surface area contributed by atoms with Crippen LogP contribution in [0.1, 0.15) is 18.2 Å². The number of methoxy groups -OCH3 is 2. The molecule has 3 heterocycles. The third kappa shape index (κ3) is 2.79. The van der Waals surface area contributed by atoms with Crippen molar-refractivity contribution in [3.8, 4) is 23.1 Å². The van der Waals surface area contributed by atoms with Crippen LogP contribution in [0.25, 0.3) is 11.7 Å². The first-order chi connectivity index (χ1) is 12.7. The van der Waals surface area contributed by atoms with Crippen molar-refractivity contribution in [3.05, 3.63) is 42.4 Å². The SMILES string of the molecule is COc1ccc(N2CC(c3noc(-c4ccco4)n3)CC2=O)cc1OC. The van der Waals surface area contributed by atoms with Gasteiger partial charge in [-0.05, 0) is 24.3 Å². The quantitative estimate of drug-likeness (QED) is 0.695. The summed E-state index contributed by atoms with van der Waals surface area (Å²) in [4.78, 5) is 18.6. The highest BCUT2D eigenvalue weighted by Crippen LogP contribution is 2.36. The molecule has 0 saturated carbocycles. The lowest BCUT2D eigenvalue weighted by molar-refractivity contribution is -0.117. The van der Waals surface area contributed by atoms with E-state index in [1.807, 2.05) is 6.07 Å². The number of carbonyl (C=O) groups excluding carboxylic acids is 1. The fourth-order valence-electron chi connectivity index (χ4n) is 3.02. The molecule has 1 amide bonds. The number of carbonyl (C=O) groups is 1. The molecule has 134 valence electrons. The van der Waals surface area contributed by atoms with Crippen LogP contribution < -0.4 is 14.4 Å². The average Bonchev–Trinajstić information content (AvgIpc) is 3.40. The Morgan fingerprint density at radius 2 is 2.04 bits per heavy atom. The molecule has 1 fully saturated rings. The second kappa shape index (κ2) is 6.55. The molecule has 8 heteroatoms. The van der Waals surface area contributed by atoms with Gasteiger partial charge in [-0.1, -0.05) is 5.16 Å². The summed E-state index contributed by atoms with van der Waals surface area (Å²) in [6, 6.07) is 8.87. The van der Waals surface area contributed by atoms with Crippen LogP contribution in [0.5, 0.6) is 11.5 Å². The maximum absolute atomic E-state index is 12.5. The Hall–Kier alpha value is -3.29. The van der Waals surface area contributed by atoms with Crippen molar-refractivity contribution in [2.24, 2.45) is 0 Å². The van der Waals surface area contributed by atoms with Crippen molar-refractivity contribution in [2.45, 2.75) is 12.3 Å². The molecule has 1 saturated heterocycles. The van der Waals surface area contributed by atoms with Crippen LogP contribution in [0.4, 0.5) is 5.69 Å². The maximum atomic E-state index is 12.5. The van der Waals surface area contributed by atoms with E-state index < -0.39 is 0 Å². The molecule has 0 N–H and O–H groups in total. The van der Waals surface area contributed by atoms with Crippen molar-refractivity contribution in [2.75, 3.05) is 25.7 Å². The molecule has 26 heavy (non-hydrogen) atoms. The topological polar surface area (TPSA) is 90.8 Å². The Morgan fingerprint density at radius 3 is 2.77 bits per heavy atom. The van der Waals surface area contributed by atoms with Crippen LogP contribution in [0.2, 0.25) is 0 Å². The molecule has 1 aliphatic heterocycles. The Morgan fingerprint density at radius 1 is 1.19 bits per heavy atom. The van der Waals surface area contributed by atoms with Crippen LogP contribution in [-0.2, 0) is 4.79 Å². The smallest absolute Gasteiger partial charge is 0.293 e. The number of aromatic nitrogens is 2. The zero-order chi connectivity index (χ0) is 18.1.